The van der Waals surface area contributed by atoms with Gasteiger partial charge in [-0.2, -0.15) is 0 Å². The molecule has 186 valence electrons. The van der Waals surface area contributed by atoms with Crippen LogP contribution in [-0.4, -0.2) is 35.4 Å². The Balaban J connectivity index is 1.34. The Kier molecular flexibility index (Phi) is 7.46. The van der Waals surface area contributed by atoms with Crippen molar-refractivity contribution in [2.45, 2.75) is 37.3 Å². The molecule has 0 unspecified atom stereocenters. The largest absolute Gasteiger partial charge is 0.478 e. The maximum Gasteiger partial charge on any atom is 0.335 e. The van der Waals surface area contributed by atoms with Crippen molar-refractivity contribution in [1.82, 2.24) is 10.2 Å². The molecule has 2 N–H and O–H groups in total. The molecule has 0 aliphatic heterocycles. The minimum atomic E-state index is -3.92. The number of carboxylic acid groups (broad SMARTS) is 1. The van der Waals surface area contributed by atoms with E-state index in [1.54, 1.807) is 19.1 Å². The molecule has 0 radical (unpaired) electrons. The van der Waals surface area contributed by atoms with Crippen molar-refractivity contribution in [2.24, 2.45) is 0 Å². The lowest BCUT2D eigenvalue weighted by Gasteiger charge is -2.10. The fraction of sp³-hybridized carbons (Fsp3) is 0.192. The summed E-state index contributed by atoms with van der Waals surface area (Å²) in [4.78, 5) is 11.2. The van der Waals surface area contributed by atoms with Gasteiger partial charge in [0, 0.05) is 17.0 Å². The summed E-state index contributed by atoms with van der Waals surface area (Å²) in [5, 5.41) is 18.0. The molecule has 4 rings (SSSR count). The summed E-state index contributed by atoms with van der Waals surface area (Å²) < 4.78 is 33.7. The molecule has 0 spiro atoms. The number of nitrogens with one attached hydrogen (secondary N) is 1. The topological polar surface area (TPSA) is 122 Å². The Hall–Kier alpha value is -3.63. The zero-order chi connectivity index (χ0) is 25.9. The van der Waals surface area contributed by atoms with Crippen LogP contribution in [0, 0.1) is 20.8 Å². The first-order valence-corrected chi connectivity index (χ1v) is 13.6. The number of hydrogen-bond donors (Lipinski definition) is 2. The van der Waals surface area contributed by atoms with E-state index in [1.807, 2.05) is 38.1 Å². The number of aromatic nitrogens is 2. The van der Waals surface area contributed by atoms with Gasteiger partial charge in [0.25, 0.3) is 15.2 Å². The number of benzene rings is 3. The molecule has 0 fully saturated rings. The maximum atomic E-state index is 12.7. The van der Waals surface area contributed by atoms with Crippen LogP contribution in [0.1, 0.15) is 32.6 Å². The molecule has 0 amide bonds. The van der Waals surface area contributed by atoms with E-state index < -0.39 is 16.0 Å². The normalized spacial score (nSPS) is 11.4. The lowest BCUT2D eigenvalue weighted by atomic mass is 10.1. The van der Waals surface area contributed by atoms with Crippen LogP contribution in [0.2, 0.25) is 0 Å². The predicted octanol–water partition coefficient (Wildman–Crippen LogP) is 5.50. The van der Waals surface area contributed by atoms with E-state index in [-0.39, 0.29) is 10.5 Å². The molecule has 10 heteroatoms. The van der Waals surface area contributed by atoms with Crippen LogP contribution in [0.25, 0.3) is 11.5 Å². The highest BCUT2D eigenvalue weighted by atomic mass is 32.2. The standard InChI is InChI=1S/C26H25N3O5S2/c1-16-12-17(2)14-20(13-16)24-27-28-26(34-24)35-11-10-19-5-7-21(8-6-19)29-36(32,33)22-9-4-18(3)23(15-22)25(30)31/h4-9,12-15,29H,10-11H2,1-3H3,(H,30,31). The molecule has 3 aromatic carbocycles. The van der Waals surface area contributed by atoms with Gasteiger partial charge in [0.2, 0.25) is 5.89 Å². The number of carboxylic acids is 1. The molecule has 0 bridgehead atoms. The second-order valence-corrected chi connectivity index (χ2v) is 11.2. The van der Waals surface area contributed by atoms with E-state index in [9.17, 15) is 18.3 Å². The molecule has 1 heterocycles. The van der Waals surface area contributed by atoms with E-state index in [2.05, 4.69) is 21.0 Å². The molecule has 1 aromatic heterocycles. The Morgan fingerprint density at radius 1 is 0.972 bits per heavy atom. The van der Waals surface area contributed by atoms with E-state index in [1.165, 1.54) is 23.9 Å². The molecule has 0 saturated heterocycles. The third kappa shape index (κ3) is 6.13. The number of aryl methyl sites for hydroxylation is 4. The summed E-state index contributed by atoms with van der Waals surface area (Å²) in [6, 6.07) is 17.2. The van der Waals surface area contributed by atoms with Gasteiger partial charge in [-0.25, -0.2) is 13.2 Å². The number of anilines is 1. The molecule has 36 heavy (non-hydrogen) atoms. The highest BCUT2D eigenvalue weighted by Crippen LogP contribution is 2.26. The second-order valence-electron chi connectivity index (χ2n) is 8.43. The molecule has 0 saturated carbocycles. The Morgan fingerprint density at radius 3 is 2.33 bits per heavy atom. The minimum Gasteiger partial charge on any atom is -0.478 e. The van der Waals surface area contributed by atoms with Gasteiger partial charge in [0.15, 0.2) is 0 Å². The van der Waals surface area contributed by atoms with E-state index in [4.69, 9.17) is 4.42 Å². The van der Waals surface area contributed by atoms with Crippen LogP contribution in [0.5, 0.6) is 0 Å². The summed E-state index contributed by atoms with van der Waals surface area (Å²) in [5.74, 6) is 0.0275. The number of rotatable bonds is 9. The third-order valence-electron chi connectivity index (χ3n) is 5.45. The van der Waals surface area contributed by atoms with Crippen molar-refractivity contribution < 1.29 is 22.7 Å². The summed E-state index contributed by atoms with van der Waals surface area (Å²) in [7, 11) is -3.92. The lowest BCUT2D eigenvalue weighted by molar-refractivity contribution is 0.0696. The number of aromatic carboxylic acids is 1. The van der Waals surface area contributed by atoms with Gasteiger partial charge in [-0.3, -0.25) is 4.72 Å². The Labute approximate surface area is 213 Å². The van der Waals surface area contributed by atoms with Crippen LogP contribution in [0.3, 0.4) is 0 Å². The van der Waals surface area contributed by atoms with Crippen molar-refractivity contribution in [3.63, 3.8) is 0 Å². The Morgan fingerprint density at radius 2 is 1.67 bits per heavy atom. The van der Waals surface area contributed by atoms with Gasteiger partial charge in [-0.15, -0.1) is 10.2 Å². The van der Waals surface area contributed by atoms with Crippen molar-refractivity contribution in [3.05, 3.63) is 88.5 Å². The van der Waals surface area contributed by atoms with Crippen LogP contribution < -0.4 is 4.72 Å². The first-order valence-electron chi connectivity index (χ1n) is 11.1. The van der Waals surface area contributed by atoms with Gasteiger partial charge < -0.3 is 9.52 Å². The average Bonchev–Trinajstić information content (AvgIpc) is 3.28. The summed E-state index contributed by atoms with van der Waals surface area (Å²) in [6.45, 7) is 5.67. The van der Waals surface area contributed by atoms with Gasteiger partial charge >= 0.3 is 5.97 Å². The van der Waals surface area contributed by atoms with Gasteiger partial charge in [0.05, 0.1) is 10.5 Å². The molecular formula is C26H25N3O5S2. The molecule has 8 nitrogen and oxygen atoms in total. The van der Waals surface area contributed by atoms with E-state index >= 15 is 0 Å². The van der Waals surface area contributed by atoms with E-state index in [0.29, 0.717) is 28.1 Å². The van der Waals surface area contributed by atoms with Gasteiger partial charge in [0.1, 0.15) is 0 Å². The molecule has 0 aliphatic rings. The van der Waals surface area contributed by atoms with Crippen molar-refractivity contribution in [2.75, 3.05) is 10.5 Å². The summed E-state index contributed by atoms with van der Waals surface area (Å²) in [5.41, 5.74) is 5.01. The fourth-order valence-electron chi connectivity index (χ4n) is 3.69. The molecule has 0 atom stereocenters. The number of carbonyl (C=O) groups is 1. The number of sulfonamides is 1. The fourth-order valence-corrected chi connectivity index (χ4v) is 5.52. The highest BCUT2D eigenvalue weighted by Gasteiger charge is 2.18. The number of hydrogen-bond acceptors (Lipinski definition) is 7. The Bertz CT molecular complexity index is 1490. The van der Waals surface area contributed by atoms with Crippen LogP contribution >= 0.6 is 11.8 Å². The van der Waals surface area contributed by atoms with Crippen molar-refractivity contribution in [3.8, 4) is 11.5 Å². The minimum absolute atomic E-state index is 0.0481. The average molecular weight is 524 g/mol. The molecular weight excluding hydrogens is 498 g/mol. The van der Waals surface area contributed by atoms with Crippen LogP contribution in [0.15, 0.2) is 75.2 Å². The van der Waals surface area contributed by atoms with E-state index in [0.717, 1.165) is 34.7 Å². The highest BCUT2D eigenvalue weighted by molar-refractivity contribution is 7.99. The van der Waals surface area contributed by atoms with Crippen molar-refractivity contribution in [1.29, 1.82) is 0 Å². The van der Waals surface area contributed by atoms with Crippen molar-refractivity contribution >= 4 is 33.4 Å². The van der Waals surface area contributed by atoms with Gasteiger partial charge in [-0.1, -0.05) is 47.2 Å². The monoisotopic (exact) mass is 523 g/mol. The number of nitrogens with zero attached hydrogens (tertiary/aromatic N) is 2. The van der Waals surface area contributed by atoms with Crippen LogP contribution in [0.4, 0.5) is 5.69 Å². The zero-order valence-electron chi connectivity index (χ0n) is 20.0. The molecule has 0 aliphatic carbocycles. The van der Waals surface area contributed by atoms with Crippen LogP contribution in [-0.2, 0) is 16.4 Å². The number of thioether (sulfide) groups is 1. The van der Waals surface area contributed by atoms with Gasteiger partial charge in [-0.05, 0) is 74.7 Å². The SMILES string of the molecule is Cc1cc(C)cc(-c2nnc(SCCc3ccc(NS(=O)(=O)c4ccc(C)c(C(=O)O)c4)cc3)o2)c1. The maximum absolute atomic E-state index is 12.7. The third-order valence-corrected chi connectivity index (χ3v) is 7.65. The lowest BCUT2D eigenvalue weighted by Crippen LogP contribution is -2.14. The summed E-state index contributed by atoms with van der Waals surface area (Å²) >= 11 is 1.46. The predicted molar refractivity (Wildman–Crippen MR) is 139 cm³/mol. The smallest absolute Gasteiger partial charge is 0.335 e. The molecule has 4 aromatic rings. The first-order chi connectivity index (χ1) is 17.1. The second kappa shape index (κ2) is 10.5. The zero-order valence-corrected chi connectivity index (χ0v) is 21.6. The quantitative estimate of drug-likeness (QED) is 0.276. The first kappa shape index (κ1) is 25.5. The summed E-state index contributed by atoms with van der Waals surface area (Å²) in [6.07, 6.45) is 0.721.